The van der Waals surface area contributed by atoms with Crippen molar-refractivity contribution in [2.75, 3.05) is 0 Å². The average Bonchev–Trinajstić information content (AvgIpc) is 3.24. The zero-order chi connectivity index (χ0) is 20.3. The van der Waals surface area contributed by atoms with Crippen LogP contribution < -0.4 is 5.32 Å². The summed E-state index contributed by atoms with van der Waals surface area (Å²) in [6.45, 7) is 2.19. The molecule has 1 N–H and O–H groups in total. The summed E-state index contributed by atoms with van der Waals surface area (Å²) in [5.41, 5.74) is 2.92. The van der Waals surface area contributed by atoms with Crippen molar-refractivity contribution in [2.45, 2.75) is 38.5 Å². The normalized spacial score (nSPS) is 13.8. The molecule has 0 spiro atoms. The van der Waals surface area contributed by atoms with E-state index in [1.807, 2.05) is 48.5 Å². The molecule has 5 nitrogen and oxygen atoms in total. The van der Waals surface area contributed by atoms with Crippen molar-refractivity contribution in [3.8, 4) is 0 Å². The minimum atomic E-state index is 0.0194. The van der Waals surface area contributed by atoms with Crippen LogP contribution in [0.4, 0.5) is 0 Å². The number of nitrogens with zero attached hydrogens (tertiary/aromatic N) is 2. The van der Waals surface area contributed by atoms with E-state index in [0.29, 0.717) is 12.6 Å². The lowest BCUT2D eigenvalue weighted by Crippen LogP contribution is -2.25. The Hall–Kier alpha value is -2.96. The predicted octanol–water partition coefficient (Wildman–Crippen LogP) is 4.98. The number of para-hydroxylation sites is 1. The lowest BCUT2D eigenvalue weighted by molar-refractivity contribution is 0.0951. The van der Waals surface area contributed by atoms with Gasteiger partial charge in [-0.05, 0) is 54.8 Å². The Morgan fingerprint density at radius 1 is 1.03 bits per heavy atom. The summed E-state index contributed by atoms with van der Waals surface area (Å²) >= 11 is 1.73. The molecule has 1 fully saturated rings. The molecule has 30 heavy (non-hydrogen) atoms. The third kappa shape index (κ3) is 4.61. The SMILES string of the molecule is O=C(NC1CC1)c1ccc(CN(Cc2ccco2)Cc2nc3ccccc3s2)cc1. The molecule has 2 aromatic heterocycles. The highest BCUT2D eigenvalue weighted by molar-refractivity contribution is 7.18. The highest BCUT2D eigenvalue weighted by Gasteiger charge is 2.23. The Labute approximate surface area is 179 Å². The zero-order valence-electron chi connectivity index (χ0n) is 16.6. The molecular weight excluding hydrogens is 394 g/mol. The van der Waals surface area contributed by atoms with Crippen LogP contribution in [0.15, 0.2) is 71.3 Å². The summed E-state index contributed by atoms with van der Waals surface area (Å²) in [7, 11) is 0. The Kier molecular flexibility index (Phi) is 5.34. The molecule has 0 saturated heterocycles. The molecule has 1 aliphatic rings. The number of benzene rings is 2. The van der Waals surface area contributed by atoms with Crippen LogP contribution in [-0.4, -0.2) is 21.8 Å². The van der Waals surface area contributed by atoms with Gasteiger partial charge in [-0.15, -0.1) is 11.3 Å². The molecule has 0 bridgehead atoms. The largest absolute Gasteiger partial charge is 0.468 e. The van der Waals surface area contributed by atoms with Gasteiger partial charge in [0.1, 0.15) is 10.8 Å². The predicted molar refractivity (Wildman–Crippen MR) is 118 cm³/mol. The molecule has 0 unspecified atom stereocenters. The molecule has 152 valence electrons. The molecule has 2 aromatic carbocycles. The van der Waals surface area contributed by atoms with Gasteiger partial charge in [-0.3, -0.25) is 9.69 Å². The number of aromatic nitrogens is 1. The summed E-state index contributed by atoms with van der Waals surface area (Å²) in [6, 6.07) is 20.4. The Balaban J connectivity index is 1.31. The molecule has 0 atom stereocenters. The lowest BCUT2D eigenvalue weighted by atomic mass is 10.1. The average molecular weight is 418 g/mol. The van der Waals surface area contributed by atoms with E-state index in [9.17, 15) is 4.79 Å². The Morgan fingerprint density at radius 3 is 2.60 bits per heavy atom. The number of furan rings is 1. The molecular formula is C24H23N3O2S. The first-order valence-electron chi connectivity index (χ1n) is 10.2. The number of carbonyl (C=O) groups excluding carboxylic acids is 1. The van der Waals surface area contributed by atoms with Gasteiger partial charge >= 0.3 is 0 Å². The van der Waals surface area contributed by atoms with E-state index in [-0.39, 0.29) is 5.91 Å². The first-order valence-corrected chi connectivity index (χ1v) is 11.0. The molecule has 6 heteroatoms. The molecule has 1 aliphatic carbocycles. The maximum absolute atomic E-state index is 12.2. The minimum absolute atomic E-state index is 0.0194. The molecule has 2 heterocycles. The highest BCUT2D eigenvalue weighted by atomic mass is 32.1. The van der Waals surface area contributed by atoms with E-state index >= 15 is 0 Å². The molecule has 1 amide bonds. The fraction of sp³-hybridized carbons (Fsp3) is 0.250. The molecule has 5 rings (SSSR count). The van der Waals surface area contributed by atoms with Crippen LogP contribution in [0.2, 0.25) is 0 Å². The summed E-state index contributed by atoms with van der Waals surface area (Å²) < 4.78 is 6.79. The van der Waals surface area contributed by atoms with Crippen molar-refractivity contribution in [2.24, 2.45) is 0 Å². The van der Waals surface area contributed by atoms with E-state index in [1.54, 1.807) is 17.6 Å². The summed E-state index contributed by atoms with van der Waals surface area (Å²) in [4.78, 5) is 19.3. The number of carbonyl (C=O) groups is 1. The maximum Gasteiger partial charge on any atom is 0.251 e. The van der Waals surface area contributed by atoms with Crippen molar-refractivity contribution in [1.29, 1.82) is 0 Å². The third-order valence-electron chi connectivity index (χ3n) is 5.19. The van der Waals surface area contributed by atoms with Gasteiger partial charge in [-0.2, -0.15) is 0 Å². The Morgan fingerprint density at radius 2 is 1.87 bits per heavy atom. The van der Waals surface area contributed by atoms with Crippen LogP contribution in [0.25, 0.3) is 10.2 Å². The van der Waals surface area contributed by atoms with Crippen LogP contribution >= 0.6 is 11.3 Å². The quantitative estimate of drug-likeness (QED) is 0.439. The van der Waals surface area contributed by atoms with Crippen molar-refractivity contribution in [1.82, 2.24) is 15.2 Å². The summed E-state index contributed by atoms with van der Waals surface area (Å²) in [5, 5.41) is 4.12. The van der Waals surface area contributed by atoms with Gasteiger partial charge in [0.2, 0.25) is 0 Å². The number of fused-ring (bicyclic) bond motifs is 1. The van der Waals surface area contributed by atoms with Gasteiger partial charge in [0.15, 0.2) is 0 Å². The molecule has 1 saturated carbocycles. The summed E-state index contributed by atoms with van der Waals surface area (Å²) in [5.74, 6) is 0.947. The van der Waals surface area contributed by atoms with E-state index in [4.69, 9.17) is 9.40 Å². The highest BCUT2D eigenvalue weighted by Crippen LogP contribution is 2.24. The van der Waals surface area contributed by atoms with E-state index in [2.05, 4.69) is 22.3 Å². The number of nitrogens with one attached hydrogen (secondary N) is 1. The first kappa shape index (κ1) is 19.0. The van der Waals surface area contributed by atoms with Crippen LogP contribution in [0.3, 0.4) is 0 Å². The second-order valence-electron chi connectivity index (χ2n) is 7.74. The second kappa shape index (κ2) is 8.42. The lowest BCUT2D eigenvalue weighted by Gasteiger charge is -2.20. The third-order valence-corrected chi connectivity index (χ3v) is 6.21. The number of rotatable bonds is 8. The number of hydrogen-bond donors (Lipinski definition) is 1. The van der Waals surface area contributed by atoms with Crippen molar-refractivity contribution in [3.05, 3.63) is 88.8 Å². The topological polar surface area (TPSA) is 58.4 Å². The molecule has 4 aromatic rings. The van der Waals surface area contributed by atoms with Crippen molar-refractivity contribution >= 4 is 27.5 Å². The fourth-order valence-corrected chi connectivity index (χ4v) is 4.50. The Bertz CT molecular complexity index is 1100. The van der Waals surface area contributed by atoms with Crippen molar-refractivity contribution in [3.63, 3.8) is 0 Å². The van der Waals surface area contributed by atoms with E-state index in [1.165, 1.54) is 4.70 Å². The zero-order valence-corrected chi connectivity index (χ0v) is 17.4. The van der Waals surface area contributed by atoms with Crippen LogP contribution in [0.5, 0.6) is 0 Å². The van der Waals surface area contributed by atoms with Crippen molar-refractivity contribution < 1.29 is 9.21 Å². The van der Waals surface area contributed by atoms with Gasteiger partial charge in [0, 0.05) is 18.2 Å². The van der Waals surface area contributed by atoms with Crippen LogP contribution in [0.1, 0.15) is 39.5 Å². The van der Waals surface area contributed by atoms with Gasteiger partial charge in [-0.1, -0.05) is 24.3 Å². The van der Waals surface area contributed by atoms with Gasteiger partial charge < -0.3 is 9.73 Å². The fourth-order valence-electron chi connectivity index (χ4n) is 3.49. The standard InChI is InChI=1S/C24H23N3O2S/c28-24(25-19-11-12-19)18-9-7-17(8-10-18)14-27(15-20-4-3-13-29-20)16-23-26-21-5-1-2-6-22(21)30-23/h1-10,13,19H,11-12,14-16H2,(H,25,28). The second-order valence-corrected chi connectivity index (χ2v) is 8.86. The van der Waals surface area contributed by atoms with E-state index in [0.717, 1.165) is 53.3 Å². The monoisotopic (exact) mass is 417 g/mol. The van der Waals surface area contributed by atoms with Crippen LogP contribution in [0, 0.1) is 0 Å². The first-order chi connectivity index (χ1) is 14.7. The van der Waals surface area contributed by atoms with Gasteiger partial charge in [0.25, 0.3) is 5.91 Å². The molecule has 0 aliphatic heterocycles. The van der Waals surface area contributed by atoms with Gasteiger partial charge in [0.05, 0.1) is 29.6 Å². The number of amides is 1. The van der Waals surface area contributed by atoms with Gasteiger partial charge in [-0.25, -0.2) is 4.98 Å². The molecule has 0 radical (unpaired) electrons. The van der Waals surface area contributed by atoms with Crippen LogP contribution in [-0.2, 0) is 19.6 Å². The minimum Gasteiger partial charge on any atom is -0.468 e. The smallest absolute Gasteiger partial charge is 0.251 e. The summed E-state index contributed by atoms with van der Waals surface area (Å²) in [6.07, 6.45) is 3.90. The maximum atomic E-state index is 12.2. The van der Waals surface area contributed by atoms with E-state index < -0.39 is 0 Å². The number of hydrogen-bond acceptors (Lipinski definition) is 5. The number of thiazole rings is 1.